The number of hydrogen-bond acceptors (Lipinski definition) is 2. The van der Waals surface area contributed by atoms with Gasteiger partial charge in [0, 0.05) is 0 Å². The standard InChI is InChI=1S/C12H12N2O/c1-8-3-5-10(6-4-8)11-7-9(2)13-14-12(11)15/h3-7H,1-2H3,(H,14,15). The average molecular weight is 200 g/mol. The molecule has 0 spiro atoms. The number of nitrogens with zero attached hydrogens (tertiary/aromatic N) is 1. The molecule has 15 heavy (non-hydrogen) atoms. The Labute approximate surface area is 87.8 Å². The summed E-state index contributed by atoms with van der Waals surface area (Å²) in [6.07, 6.45) is 0. The Balaban J connectivity index is 2.58. The molecule has 0 saturated heterocycles. The highest BCUT2D eigenvalue weighted by atomic mass is 16.1. The maximum absolute atomic E-state index is 11.5. The first kappa shape index (κ1) is 9.65. The lowest BCUT2D eigenvalue weighted by atomic mass is 10.1. The first-order chi connectivity index (χ1) is 7.16. The van der Waals surface area contributed by atoms with Crippen molar-refractivity contribution in [3.8, 4) is 11.1 Å². The molecule has 3 heteroatoms. The molecule has 2 rings (SSSR count). The van der Waals surface area contributed by atoms with Crippen molar-refractivity contribution in [2.24, 2.45) is 0 Å². The summed E-state index contributed by atoms with van der Waals surface area (Å²) in [5.74, 6) is 0. The highest BCUT2D eigenvalue weighted by Crippen LogP contribution is 2.15. The Morgan fingerprint density at radius 1 is 1.13 bits per heavy atom. The molecule has 0 bridgehead atoms. The van der Waals surface area contributed by atoms with E-state index in [4.69, 9.17) is 0 Å². The van der Waals surface area contributed by atoms with Gasteiger partial charge in [-0.25, -0.2) is 5.10 Å². The first-order valence-corrected chi connectivity index (χ1v) is 4.80. The minimum atomic E-state index is -0.149. The minimum Gasteiger partial charge on any atom is -0.267 e. The molecule has 2 aromatic rings. The van der Waals surface area contributed by atoms with Gasteiger partial charge in [-0.1, -0.05) is 29.8 Å². The third-order valence-corrected chi connectivity index (χ3v) is 2.29. The quantitative estimate of drug-likeness (QED) is 0.765. The fourth-order valence-corrected chi connectivity index (χ4v) is 1.45. The van der Waals surface area contributed by atoms with Crippen LogP contribution in [0.15, 0.2) is 35.1 Å². The van der Waals surface area contributed by atoms with Crippen LogP contribution in [0.4, 0.5) is 0 Å². The lowest BCUT2D eigenvalue weighted by molar-refractivity contribution is 0.949. The van der Waals surface area contributed by atoms with Crippen LogP contribution >= 0.6 is 0 Å². The molecule has 1 heterocycles. The maximum atomic E-state index is 11.5. The van der Waals surface area contributed by atoms with Gasteiger partial charge in [-0.15, -0.1) is 0 Å². The topological polar surface area (TPSA) is 45.8 Å². The Kier molecular flexibility index (Phi) is 2.37. The molecule has 76 valence electrons. The van der Waals surface area contributed by atoms with Crippen LogP contribution in [0.25, 0.3) is 11.1 Å². The van der Waals surface area contributed by atoms with Crippen LogP contribution < -0.4 is 5.56 Å². The fourth-order valence-electron chi connectivity index (χ4n) is 1.45. The van der Waals surface area contributed by atoms with Crippen molar-refractivity contribution in [1.29, 1.82) is 0 Å². The van der Waals surface area contributed by atoms with Gasteiger partial charge in [0.2, 0.25) is 0 Å². The number of nitrogens with one attached hydrogen (secondary N) is 1. The Bertz CT molecular complexity index is 526. The van der Waals surface area contributed by atoms with E-state index in [0.29, 0.717) is 5.56 Å². The van der Waals surface area contributed by atoms with E-state index in [9.17, 15) is 4.79 Å². The van der Waals surface area contributed by atoms with Gasteiger partial charge in [-0.05, 0) is 25.5 Å². The first-order valence-electron chi connectivity index (χ1n) is 4.80. The third kappa shape index (κ3) is 1.96. The van der Waals surface area contributed by atoms with Crippen molar-refractivity contribution in [3.63, 3.8) is 0 Å². The van der Waals surface area contributed by atoms with Gasteiger partial charge >= 0.3 is 0 Å². The SMILES string of the molecule is Cc1ccc(-c2cc(C)n[nH]c2=O)cc1. The number of rotatable bonds is 1. The lowest BCUT2D eigenvalue weighted by Gasteiger charge is -2.01. The van der Waals surface area contributed by atoms with Crippen LogP contribution in [0.5, 0.6) is 0 Å². The number of aromatic amines is 1. The molecule has 1 N–H and O–H groups in total. The van der Waals surface area contributed by atoms with Crippen LogP contribution in [0.1, 0.15) is 11.3 Å². The molecule has 0 aliphatic heterocycles. The molecule has 0 radical (unpaired) electrons. The van der Waals surface area contributed by atoms with E-state index in [2.05, 4.69) is 10.2 Å². The van der Waals surface area contributed by atoms with Gasteiger partial charge in [-0.3, -0.25) is 4.79 Å². The Morgan fingerprint density at radius 3 is 2.47 bits per heavy atom. The number of H-pyrrole nitrogens is 1. The zero-order chi connectivity index (χ0) is 10.8. The molecular weight excluding hydrogens is 188 g/mol. The normalized spacial score (nSPS) is 10.3. The second-order valence-electron chi connectivity index (χ2n) is 3.62. The molecule has 0 fully saturated rings. The number of aryl methyl sites for hydroxylation is 2. The minimum absolute atomic E-state index is 0.149. The molecule has 0 saturated carbocycles. The van der Waals surface area contributed by atoms with Gasteiger partial charge in [0.25, 0.3) is 5.56 Å². The summed E-state index contributed by atoms with van der Waals surface area (Å²) in [5.41, 5.74) is 3.44. The van der Waals surface area contributed by atoms with Crippen molar-refractivity contribution < 1.29 is 0 Å². The van der Waals surface area contributed by atoms with E-state index in [1.165, 1.54) is 5.56 Å². The van der Waals surface area contributed by atoms with E-state index >= 15 is 0 Å². The lowest BCUT2D eigenvalue weighted by Crippen LogP contribution is -2.11. The predicted molar refractivity (Wildman–Crippen MR) is 59.8 cm³/mol. The van der Waals surface area contributed by atoms with E-state index in [-0.39, 0.29) is 5.56 Å². The highest BCUT2D eigenvalue weighted by molar-refractivity contribution is 5.62. The second-order valence-corrected chi connectivity index (χ2v) is 3.62. The summed E-state index contributed by atoms with van der Waals surface area (Å²) in [6, 6.07) is 9.66. The molecule has 0 aliphatic carbocycles. The number of benzene rings is 1. The molecule has 1 aromatic carbocycles. The van der Waals surface area contributed by atoms with Gasteiger partial charge in [0.05, 0.1) is 11.3 Å². The summed E-state index contributed by atoms with van der Waals surface area (Å²) in [4.78, 5) is 11.5. The monoisotopic (exact) mass is 200 g/mol. The van der Waals surface area contributed by atoms with Crippen molar-refractivity contribution >= 4 is 0 Å². The summed E-state index contributed by atoms with van der Waals surface area (Å²) >= 11 is 0. The summed E-state index contributed by atoms with van der Waals surface area (Å²) in [6.45, 7) is 3.87. The summed E-state index contributed by atoms with van der Waals surface area (Å²) in [5, 5.41) is 6.32. The van der Waals surface area contributed by atoms with Crippen molar-refractivity contribution in [2.45, 2.75) is 13.8 Å². The van der Waals surface area contributed by atoms with Gasteiger partial charge in [0.15, 0.2) is 0 Å². The number of hydrogen-bond donors (Lipinski definition) is 1. The Morgan fingerprint density at radius 2 is 1.80 bits per heavy atom. The molecule has 0 atom stereocenters. The highest BCUT2D eigenvalue weighted by Gasteiger charge is 2.03. The zero-order valence-corrected chi connectivity index (χ0v) is 8.74. The van der Waals surface area contributed by atoms with E-state index < -0.39 is 0 Å². The maximum Gasteiger partial charge on any atom is 0.272 e. The van der Waals surface area contributed by atoms with Crippen molar-refractivity contribution in [3.05, 3.63) is 51.9 Å². The van der Waals surface area contributed by atoms with Crippen molar-refractivity contribution in [2.75, 3.05) is 0 Å². The van der Waals surface area contributed by atoms with Crippen LogP contribution in [0.3, 0.4) is 0 Å². The van der Waals surface area contributed by atoms with Crippen LogP contribution in [0.2, 0.25) is 0 Å². The Hall–Kier alpha value is -1.90. The molecule has 0 aliphatic rings. The van der Waals surface area contributed by atoms with Crippen LogP contribution in [-0.2, 0) is 0 Å². The predicted octanol–water partition coefficient (Wildman–Crippen LogP) is 2.05. The molecule has 1 aromatic heterocycles. The summed E-state index contributed by atoms with van der Waals surface area (Å²) in [7, 11) is 0. The smallest absolute Gasteiger partial charge is 0.267 e. The third-order valence-electron chi connectivity index (χ3n) is 2.29. The summed E-state index contributed by atoms with van der Waals surface area (Å²) < 4.78 is 0. The molecule has 0 unspecified atom stereocenters. The largest absolute Gasteiger partial charge is 0.272 e. The second kappa shape index (κ2) is 3.69. The van der Waals surface area contributed by atoms with Gasteiger partial charge in [-0.2, -0.15) is 5.10 Å². The average Bonchev–Trinajstić information content (AvgIpc) is 2.23. The van der Waals surface area contributed by atoms with E-state index in [1.54, 1.807) is 6.07 Å². The van der Waals surface area contributed by atoms with Crippen LogP contribution in [-0.4, -0.2) is 10.2 Å². The molecule has 3 nitrogen and oxygen atoms in total. The van der Waals surface area contributed by atoms with E-state index in [1.807, 2.05) is 38.1 Å². The van der Waals surface area contributed by atoms with Crippen LogP contribution in [0, 0.1) is 13.8 Å². The van der Waals surface area contributed by atoms with E-state index in [0.717, 1.165) is 11.3 Å². The van der Waals surface area contributed by atoms with Gasteiger partial charge < -0.3 is 0 Å². The molecule has 0 amide bonds. The number of aromatic nitrogens is 2. The molecular formula is C12H12N2O. The van der Waals surface area contributed by atoms with Gasteiger partial charge in [0.1, 0.15) is 0 Å². The van der Waals surface area contributed by atoms with Crippen molar-refractivity contribution in [1.82, 2.24) is 10.2 Å². The zero-order valence-electron chi connectivity index (χ0n) is 8.74. The fraction of sp³-hybridized carbons (Fsp3) is 0.167.